The second kappa shape index (κ2) is 31.4. The Kier molecular flexibility index (Phi) is 32.2. The molecule has 0 aromatic rings. The van der Waals surface area contributed by atoms with Gasteiger partial charge in [-0.3, -0.25) is 9.59 Å². The molecule has 42 heavy (non-hydrogen) atoms. The predicted octanol–water partition coefficient (Wildman–Crippen LogP) is 12.4. The van der Waals surface area contributed by atoms with Crippen LogP contribution in [0.5, 0.6) is 0 Å². The Hall–Kier alpha value is -1.06. The molecule has 1 atom stereocenters. The first kappa shape index (κ1) is 43.1. The fourth-order valence-corrected chi connectivity index (χ4v) is 5.25. The highest BCUT2D eigenvalue weighted by Gasteiger charge is 2.16. The number of hydrogen-bond acceptors (Lipinski definition) is 3. The molecule has 1 N–H and O–H groups in total. The number of unbranched alkanes of at least 4 members (excludes halogenated alkanes) is 11. The quantitative estimate of drug-likeness (QED) is 0.0720. The van der Waals surface area contributed by atoms with Gasteiger partial charge in [-0.1, -0.05) is 165 Å². The number of carbonyl (C=O) groups is 2. The van der Waals surface area contributed by atoms with E-state index in [2.05, 4.69) is 55.4 Å². The van der Waals surface area contributed by atoms with Crippen molar-refractivity contribution >= 4 is 11.9 Å². The Labute approximate surface area is 263 Å². The lowest BCUT2D eigenvalue weighted by molar-refractivity contribution is -0.144. The van der Waals surface area contributed by atoms with Crippen molar-refractivity contribution in [3.05, 3.63) is 0 Å². The standard InChI is InChI=1S/2C19H38O2/c1-17(2)13-9-6-5-7-12-16-21-19(20)15-11-8-10-14-18(3)4;1-16(2)12-8-6-5-7-9-14-18(19(20)21)15-11-10-13-17(3)4/h17-18H,5-16H2,1-4H3;16-18H,5-15H2,1-4H3,(H,20,21). The summed E-state index contributed by atoms with van der Waals surface area (Å²) in [5.74, 6) is 2.46. The Bertz CT molecular complexity index is 580. The Morgan fingerprint density at radius 1 is 0.452 bits per heavy atom. The van der Waals surface area contributed by atoms with E-state index in [0.717, 1.165) is 68.6 Å². The lowest BCUT2D eigenvalue weighted by atomic mass is 9.93. The third kappa shape index (κ3) is 37.0. The molecule has 4 nitrogen and oxygen atoms in total. The number of carbonyl (C=O) groups excluding carboxylic acids is 1. The van der Waals surface area contributed by atoms with Crippen molar-refractivity contribution in [2.75, 3.05) is 6.61 Å². The van der Waals surface area contributed by atoms with E-state index in [4.69, 9.17) is 4.74 Å². The van der Waals surface area contributed by atoms with Crippen molar-refractivity contribution in [1.82, 2.24) is 0 Å². The lowest BCUT2D eigenvalue weighted by Gasteiger charge is -2.12. The van der Waals surface area contributed by atoms with Crippen LogP contribution in [0.1, 0.15) is 197 Å². The molecular weight excluding hydrogens is 520 g/mol. The maximum Gasteiger partial charge on any atom is 0.306 e. The second-order valence-corrected chi connectivity index (χ2v) is 14.6. The van der Waals surface area contributed by atoms with Gasteiger partial charge in [-0.15, -0.1) is 0 Å². The number of ether oxygens (including phenoxy) is 1. The third-order valence-electron chi connectivity index (χ3n) is 8.12. The van der Waals surface area contributed by atoms with E-state index < -0.39 is 5.97 Å². The van der Waals surface area contributed by atoms with Gasteiger partial charge in [-0.2, -0.15) is 0 Å². The lowest BCUT2D eigenvalue weighted by Crippen LogP contribution is -2.13. The van der Waals surface area contributed by atoms with Crippen LogP contribution < -0.4 is 0 Å². The molecule has 0 rings (SSSR count). The Morgan fingerprint density at radius 2 is 0.762 bits per heavy atom. The minimum Gasteiger partial charge on any atom is -0.481 e. The van der Waals surface area contributed by atoms with E-state index in [9.17, 15) is 14.7 Å². The van der Waals surface area contributed by atoms with Crippen LogP contribution in [-0.2, 0) is 14.3 Å². The summed E-state index contributed by atoms with van der Waals surface area (Å²) in [6.45, 7) is 18.7. The number of esters is 1. The SMILES string of the molecule is CC(C)CCCCCCCC(CCCCC(C)C)C(=O)O.CC(C)CCCCCCCOC(=O)CCCCCC(C)C. The van der Waals surface area contributed by atoms with Crippen molar-refractivity contribution in [3.63, 3.8) is 0 Å². The average Bonchev–Trinajstić information content (AvgIpc) is 2.90. The number of hydrogen-bond donors (Lipinski definition) is 1. The number of carboxylic acids is 1. The highest BCUT2D eigenvalue weighted by Crippen LogP contribution is 2.20. The summed E-state index contributed by atoms with van der Waals surface area (Å²) in [6.07, 6.45) is 25.5. The average molecular weight is 597 g/mol. The zero-order valence-electron chi connectivity index (χ0n) is 29.8. The fraction of sp³-hybridized carbons (Fsp3) is 0.947. The topological polar surface area (TPSA) is 63.6 Å². The van der Waals surface area contributed by atoms with Gasteiger partial charge >= 0.3 is 11.9 Å². The van der Waals surface area contributed by atoms with Gasteiger partial charge in [0.1, 0.15) is 0 Å². The first-order chi connectivity index (χ1) is 20.0. The highest BCUT2D eigenvalue weighted by atomic mass is 16.5. The maximum absolute atomic E-state index is 11.5. The molecule has 0 saturated heterocycles. The van der Waals surface area contributed by atoms with E-state index >= 15 is 0 Å². The van der Waals surface area contributed by atoms with Gasteiger partial charge in [-0.05, 0) is 49.4 Å². The summed E-state index contributed by atoms with van der Waals surface area (Å²) in [6, 6.07) is 0. The van der Waals surface area contributed by atoms with Gasteiger partial charge in [0.05, 0.1) is 12.5 Å². The summed E-state index contributed by atoms with van der Waals surface area (Å²) in [5.41, 5.74) is 0. The normalized spacial score (nSPS) is 12.2. The van der Waals surface area contributed by atoms with Crippen LogP contribution in [0.25, 0.3) is 0 Å². The fourth-order valence-electron chi connectivity index (χ4n) is 5.25. The monoisotopic (exact) mass is 597 g/mol. The van der Waals surface area contributed by atoms with E-state index in [-0.39, 0.29) is 11.9 Å². The summed E-state index contributed by atoms with van der Waals surface area (Å²) >= 11 is 0. The second-order valence-electron chi connectivity index (χ2n) is 14.6. The zero-order valence-corrected chi connectivity index (χ0v) is 29.8. The smallest absolute Gasteiger partial charge is 0.306 e. The van der Waals surface area contributed by atoms with Crippen molar-refractivity contribution < 1.29 is 19.4 Å². The molecule has 0 amide bonds. The molecule has 0 fully saturated rings. The molecule has 0 aliphatic carbocycles. The summed E-state index contributed by atoms with van der Waals surface area (Å²) in [4.78, 5) is 22.8. The molecule has 4 heteroatoms. The van der Waals surface area contributed by atoms with Crippen LogP contribution in [0.3, 0.4) is 0 Å². The van der Waals surface area contributed by atoms with Gasteiger partial charge < -0.3 is 9.84 Å². The van der Waals surface area contributed by atoms with E-state index in [1.54, 1.807) is 0 Å². The van der Waals surface area contributed by atoms with Crippen molar-refractivity contribution in [2.45, 2.75) is 197 Å². The third-order valence-corrected chi connectivity index (χ3v) is 8.12. The van der Waals surface area contributed by atoms with Crippen molar-refractivity contribution in [1.29, 1.82) is 0 Å². The highest BCUT2D eigenvalue weighted by molar-refractivity contribution is 5.69. The van der Waals surface area contributed by atoms with Crippen LogP contribution in [0.15, 0.2) is 0 Å². The van der Waals surface area contributed by atoms with Gasteiger partial charge in [-0.25, -0.2) is 0 Å². The minimum absolute atomic E-state index is 0.000597. The Balaban J connectivity index is 0. The molecule has 0 radical (unpaired) electrons. The number of aliphatic carboxylic acids is 1. The molecule has 1 unspecified atom stereocenters. The Morgan fingerprint density at radius 3 is 1.17 bits per heavy atom. The zero-order chi connectivity index (χ0) is 32.0. The maximum atomic E-state index is 11.5. The van der Waals surface area contributed by atoms with E-state index in [0.29, 0.717) is 13.0 Å². The largest absolute Gasteiger partial charge is 0.481 e. The summed E-state index contributed by atoms with van der Waals surface area (Å²) in [5, 5.41) is 9.28. The molecule has 252 valence electrons. The first-order valence-electron chi connectivity index (χ1n) is 18.3. The van der Waals surface area contributed by atoms with E-state index in [1.807, 2.05) is 0 Å². The van der Waals surface area contributed by atoms with E-state index in [1.165, 1.54) is 89.9 Å². The van der Waals surface area contributed by atoms with Gasteiger partial charge in [0, 0.05) is 6.42 Å². The van der Waals surface area contributed by atoms with Crippen LogP contribution in [-0.4, -0.2) is 23.7 Å². The summed E-state index contributed by atoms with van der Waals surface area (Å²) < 4.78 is 5.28. The molecule has 0 aliphatic heterocycles. The molecule has 0 spiro atoms. The van der Waals surface area contributed by atoms with Crippen LogP contribution in [0.4, 0.5) is 0 Å². The molecule has 0 aromatic carbocycles. The van der Waals surface area contributed by atoms with Crippen LogP contribution in [0.2, 0.25) is 0 Å². The molecule has 0 heterocycles. The molecule has 0 saturated carbocycles. The van der Waals surface area contributed by atoms with Crippen molar-refractivity contribution in [3.8, 4) is 0 Å². The summed E-state index contributed by atoms with van der Waals surface area (Å²) in [7, 11) is 0. The van der Waals surface area contributed by atoms with Crippen LogP contribution in [0, 0.1) is 29.6 Å². The van der Waals surface area contributed by atoms with Crippen molar-refractivity contribution in [2.24, 2.45) is 29.6 Å². The first-order valence-corrected chi connectivity index (χ1v) is 18.3. The van der Waals surface area contributed by atoms with Crippen LogP contribution >= 0.6 is 0 Å². The van der Waals surface area contributed by atoms with Gasteiger partial charge in [0.2, 0.25) is 0 Å². The minimum atomic E-state index is -0.584. The number of rotatable bonds is 28. The molecule has 0 aromatic heterocycles. The number of carboxylic acid groups (broad SMARTS) is 1. The molecule has 0 bridgehead atoms. The van der Waals surface area contributed by atoms with Gasteiger partial charge in [0.15, 0.2) is 0 Å². The predicted molar refractivity (Wildman–Crippen MR) is 183 cm³/mol. The molecular formula is C38H76O4. The van der Waals surface area contributed by atoms with Gasteiger partial charge in [0.25, 0.3) is 0 Å². The molecule has 0 aliphatic rings.